The highest BCUT2D eigenvalue weighted by molar-refractivity contribution is 5.94. The van der Waals surface area contributed by atoms with E-state index in [0.717, 1.165) is 24.9 Å². The summed E-state index contributed by atoms with van der Waals surface area (Å²) in [4.78, 5) is 11.9. The molecule has 3 nitrogen and oxygen atoms in total. The van der Waals surface area contributed by atoms with E-state index in [2.05, 4.69) is 12.2 Å². The first-order valence-corrected chi connectivity index (χ1v) is 6.99. The Hall–Kier alpha value is -1.35. The molecule has 0 aromatic heterocycles. The normalized spacial score (nSPS) is 13.1. The van der Waals surface area contributed by atoms with Crippen LogP contribution >= 0.6 is 0 Å². The molecule has 0 fully saturated rings. The van der Waals surface area contributed by atoms with Crippen LogP contribution in [0, 0.1) is 5.41 Å². The topological polar surface area (TPSA) is 55.1 Å². The molecule has 1 rings (SSSR count). The molecule has 0 aliphatic carbocycles. The van der Waals surface area contributed by atoms with Gasteiger partial charge in [-0.2, -0.15) is 0 Å². The van der Waals surface area contributed by atoms with Gasteiger partial charge in [0.25, 0.3) is 0 Å². The van der Waals surface area contributed by atoms with Crippen LogP contribution in [0.1, 0.15) is 46.1 Å². The second kappa shape index (κ2) is 6.71. The highest BCUT2D eigenvalue weighted by Gasteiger charge is 2.20. The SMILES string of the molecule is CCCC(N)Cc1ccc(NC(=O)C(C)(C)C)cc1. The summed E-state index contributed by atoms with van der Waals surface area (Å²) in [5, 5.41) is 2.92. The monoisotopic (exact) mass is 262 g/mol. The lowest BCUT2D eigenvalue weighted by atomic mass is 9.95. The summed E-state index contributed by atoms with van der Waals surface area (Å²) in [6.07, 6.45) is 3.05. The van der Waals surface area contributed by atoms with Gasteiger partial charge in [0, 0.05) is 17.1 Å². The largest absolute Gasteiger partial charge is 0.327 e. The summed E-state index contributed by atoms with van der Waals surface area (Å²) >= 11 is 0. The summed E-state index contributed by atoms with van der Waals surface area (Å²) in [7, 11) is 0. The van der Waals surface area contributed by atoms with E-state index in [1.165, 1.54) is 5.56 Å². The number of carbonyl (C=O) groups is 1. The zero-order chi connectivity index (χ0) is 14.5. The summed E-state index contributed by atoms with van der Waals surface area (Å²) in [5.74, 6) is 0.0305. The molecule has 0 bridgehead atoms. The predicted molar refractivity (Wildman–Crippen MR) is 81.1 cm³/mol. The molecule has 0 spiro atoms. The lowest BCUT2D eigenvalue weighted by molar-refractivity contribution is -0.123. The maximum atomic E-state index is 11.9. The minimum absolute atomic E-state index is 0.0305. The van der Waals surface area contributed by atoms with Gasteiger partial charge in [-0.3, -0.25) is 4.79 Å². The lowest BCUT2D eigenvalue weighted by Crippen LogP contribution is -2.27. The molecule has 1 aromatic carbocycles. The van der Waals surface area contributed by atoms with Crippen molar-refractivity contribution in [2.45, 2.75) is 53.0 Å². The molecule has 0 aliphatic rings. The van der Waals surface area contributed by atoms with Crippen molar-refractivity contribution in [2.75, 3.05) is 5.32 Å². The van der Waals surface area contributed by atoms with Crippen molar-refractivity contribution in [2.24, 2.45) is 11.1 Å². The molecule has 0 saturated heterocycles. The van der Waals surface area contributed by atoms with Crippen molar-refractivity contribution < 1.29 is 4.79 Å². The van der Waals surface area contributed by atoms with Gasteiger partial charge < -0.3 is 11.1 Å². The van der Waals surface area contributed by atoms with Crippen LogP contribution in [0.15, 0.2) is 24.3 Å². The number of hydrogen-bond acceptors (Lipinski definition) is 2. The summed E-state index contributed by atoms with van der Waals surface area (Å²) in [6, 6.07) is 8.18. The van der Waals surface area contributed by atoms with Crippen LogP contribution in [-0.4, -0.2) is 11.9 Å². The van der Waals surface area contributed by atoms with Crippen LogP contribution in [0.25, 0.3) is 0 Å². The Morgan fingerprint density at radius 1 is 1.26 bits per heavy atom. The number of anilines is 1. The number of hydrogen-bond donors (Lipinski definition) is 2. The van der Waals surface area contributed by atoms with Gasteiger partial charge in [0.1, 0.15) is 0 Å². The van der Waals surface area contributed by atoms with Gasteiger partial charge in [-0.15, -0.1) is 0 Å². The lowest BCUT2D eigenvalue weighted by Gasteiger charge is -2.18. The summed E-state index contributed by atoms with van der Waals surface area (Å²) in [5.41, 5.74) is 7.71. The number of amides is 1. The van der Waals surface area contributed by atoms with Crippen molar-refractivity contribution >= 4 is 11.6 Å². The Morgan fingerprint density at radius 2 is 1.84 bits per heavy atom. The molecule has 19 heavy (non-hydrogen) atoms. The Balaban J connectivity index is 2.59. The highest BCUT2D eigenvalue weighted by atomic mass is 16.2. The van der Waals surface area contributed by atoms with Gasteiger partial charge in [-0.1, -0.05) is 46.2 Å². The van der Waals surface area contributed by atoms with E-state index in [0.29, 0.717) is 0 Å². The van der Waals surface area contributed by atoms with Crippen molar-refractivity contribution in [3.8, 4) is 0 Å². The van der Waals surface area contributed by atoms with Crippen LogP contribution in [0.3, 0.4) is 0 Å². The Bertz CT molecular complexity index is 404. The molecule has 0 radical (unpaired) electrons. The number of benzene rings is 1. The van der Waals surface area contributed by atoms with Crippen LogP contribution in [0.2, 0.25) is 0 Å². The maximum absolute atomic E-state index is 11.9. The second-order valence-corrected chi connectivity index (χ2v) is 6.15. The van der Waals surface area contributed by atoms with Crippen LogP contribution in [0.4, 0.5) is 5.69 Å². The van der Waals surface area contributed by atoms with Gasteiger partial charge in [-0.05, 0) is 30.5 Å². The molecule has 0 aliphatic heterocycles. The van der Waals surface area contributed by atoms with E-state index >= 15 is 0 Å². The van der Waals surface area contributed by atoms with Crippen LogP contribution in [-0.2, 0) is 11.2 Å². The molecular weight excluding hydrogens is 236 g/mol. The summed E-state index contributed by atoms with van der Waals surface area (Å²) in [6.45, 7) is 7.85. The fourth-order valence-electron chi connectivity index (χ4n) is 1.82. The van der Waals surface area contributed by atoms with Gasteiger partial charge >= 0.3 is 0 Å². The zero-order valence-corrected chi connectivity index (χ0v) is 12.5. The molecule has 1 unspecified atom stereocenters. The minimum Gasteiger partial charge on any atom is -0.327 e. The average molecular weight is 262 g/mol. The Labute approximate surface area is 116 Å². The van der Waals surface area contributed by atoms with Gasteiger partial charge in [0.05, 0.1) is 0 Å². The standard InChI is InChI=1S/C16H26N2O/c1-5-6-13(17)11-12-7-9-14(10-8-12)18-15(19)16(2,3)4/h7-10,13H,5-6,11,17H2,1-4H3,(H,18,19). The van der Waals surface area contributed by atoms with E-state index in [4.69, 9.17) is 5.73 Å². The maximum Gasteiger partial charge on any atom is 0.229 e. The predicted octanol–water partition coefficient (Wildman–Crippen LogP) is 3.34. The number of rotatable bonds is 5. The molecule has 0 saturated carbocycles. The molecule has 3 heteroatoms. The van der Waals surface area contributed by atoms with Crippen molar-refractivity contribution in [1.82, 2.24) is 0 Å². The number of nitrogens with one attached hydrogen (secondary N) is 1. The van der Waals surface area contributed by atoms with E-state index < -0.39 is 0 Å². The van der Waals surface area contributed by atoms with E-state index in [1.807, 2.05) is 45.0 Å². The van der Waals surface area contributed by atoms with Gasteiger partial charge in [0.2, 0.25) is 5.91 Å². The van der Waals surface area contributed by atoms with Gasteiger partial charge in [0.15, 0.2) is 0 Å². The molecule has 1 atom stereocenters. The molecule has 1 aromatic rings. The quantitative estimate of drug-likeness (QED) is 0.855. The first-order valence-electron chi connectivity index (χ1n) is 6.99. The highest BCUT2D eigenvalue weighted by Crippen LogP contribution is 2.18. The third-order valence-corrected chi connectivity index (χ3v) is 3.05. The smallest absolute Gasteiger partial charge is 0.229 e. The summed E-state index contributed by atoms with van der Waals surface area (Å²) < 4.78 is 0. The van der Waals surface area contributed by atoms with Gasteiger partial charge in [-0.25, -0.2) is 0 Å². The van der Waals surface area contributed by atoms with Crippen molar-refractivity contribution in [1.29, 1.82) is 0 Å². The van der Waals surface area contributed by atoms with E-state index in [9.17, 15) is 4.79 Å². The Morgan fingerprint density at radius 3 is 2.32 bits per heavy atom. The molecule has 106 valence electrons. The molecular formula is C16H26N2O. The number of nitrogens with two attached hydrogens (primary N) is 1. The average Bonchev–Trinajstić information content (AvgIpc) is 2.30. The minimum atomic E-state index is -0.373. The van der Waals surface area contributed by atoms with Crippen molar-refractivity contribution in [3.63, 3.8) is 0 Å². The number of carbonyl (C=O) groups excluding carboxylic acids is 1. The molecule has 1 amide bonds. The Kier molecular flexibility index (Phi) is 5.55. The van der Waals surface area contributed by atoms with Crippen LogP contribution in [0.5, 0.6) is 0 Å². The fraction of sp³-hybridized carbons (Fsp3) is 0.562. The second-order valence-electron chi connectivity index (χ2n) is 6.15. The van der Waals surface area contributed by atoms with E-state index in [-0.39, 0.29) is 17.4 Å². The fourth-order valence-corrected chi connectivity index (χ4v) is 1.82. The third-order valence-electron chi connectivity index (χ3n) is 3.05. The zero-order valence-electron chi connectivity index (χ0n) is 12.5. The first-order chi connectivity index (χ1) is 8.82. The molecule has 3 N–H and O–H groups in total. The van der Waals surface area contributed by atoms with Crippen molar-refractivity contribution in [3.05, 3.63) is 29.8 Å². The third kappa shape index (κ3) is 5.43. The molecule has 0 heterocycles. The van der Waals surface area contributed by atoms with Crippen LogP contribution < -0.4 is 11.1 Å². The van der Waals surface area contributed by atoms with E-state index in [1.54, 1.807) is 0 Å². The first kappa shape index (κ1) is 15.7.